The molecule has 1 fully saturated rings. The molecule has 1 rings (SSSR count). The first-order chi connectivity index (χ1) is 9.11. The molecule has 2 unspecified atom stereocenters. The molecule has 19 heavy (non-hydrogen) atoms. The van der Waals surface area contributed by atoms with Gasteiger partial charge in [0.25, 0.3) is 0 Å². The van der Waals surface area contributed by atoms with Gasteiger partial charge in [0.15, 0.2) is 0 Å². The monoisotopic (exact) mass is 268 g/mol. The molecule has 1 aliphatic rings. The fourth-order valence-electron chi connectivity index (χ4n) is 3.06. The maximum Gasteiger partial charge on any atom is 0.0277 e. The van der Waals surface area contributed by atoms with E-state index in [2.05, 4.69) is 37.9 Å². The number of unbranched alkanes of at least 4 members (excludes halogenated alkanes) is 5. The second-order valence-corrected chi connectivity index (χ2v) is 6.72. The molecule has 0 aromatic carbocycles. The predicted octanol–water partition coefficient (Wildman–Crippen LogP) is 4.20. The van der Waals surface area contributed by atoms with Crippen LogP contribution in [0.5, 0.6) is 0 Å². The van der Waals surface area contributed by atoms with Gasteiger partial charge >= 0.3 is 0 Å². The summed E-state index contributed by atoms with van der Waals surface area (Å²) in [6.07, 6.45) is 11.0. The second-order valence-electron chi connectivity index (χ2n) is 6.72. The molecule has 2 nitrogen and oxygen atoms in total. The van der Waals surface area contributed by atoms with E-state index in [4.69, 9.17) is 0 Å². The summed E-state index contributed by atoms with van der Waals surface area (Å²) in [5.41, 5.74) is 0.326. The summed E-state index contributed by atoms with van der Waals surface area (Å²) in [4.78, 5) is 2.73. The second kappa shape index (κ2) is 8.97. The molecule has 0 aromatic rings. The molecule has 1 saturated heterocycles. The SMILES string of the molecule is CCCCCCCCN1CC(C)(CC)NCCC1C. The average molecular weight is 268 g/mol. The first-order valence-corrected chi connectivity index (χ1v) is 8.60. The van der Waals surface area contributed by atoms with Crippen LogP contribution in [0.4, 0.5) is 0 Å². The number of nitrogens with zero attached hydrogens (tertiary/aromatic N) is 1. The molecule has 0 aliphatic carbocycles. The summed E-state index contributed by atoms with van der Waals surface area (Å²) in [6, 6.07) is 0.747. The lowest BCUT2D eigenvalue weighted by Gasteiger charge is -2.35. The summed E-state index contributed by atoms with van der Waals surface area (Å²) in [6.45, 7) is 13.1. The molecule has 0 bridgehead atoms. The topological polar surface area (TPSA) is 15.3 Å². The lowest BCUT2D eigenvalue weighted by molar-refractivity contribution is 0.168. The zero-order chi connectivity index (χ0) is 14.1. The molecule has 1 aliphatic heterocycles. The van der Waals surface area contributed by atoms with Crippen LogP contribution >= 0.6 is 0 Å². The van der Waals surface area contributed by atoms with E-state index in [-0.39, 0.29) is 0 Å². The van der Waals surface area contributed by atoms with Gasteiger partial charge in [0.2, 0.25) is 0 Å². The normalized spacial score (nSPS) is 29.4. The maximum atomic E-state index is 3.74. The number of rotatable bonds is 8. The molecule has 114 valence electrons. The van der Waals surface area contributed by atoms with Crippen molar-refractivity contribution in [3.8, 4) is 0 Å². The Hall–Kier alpha value is -0.0800. The van der Waals surface area contributed by atoms with Crippen LogP contribution in [0.3, 0.4) is 0 Å². The van der Waals surface area contributed by atoms with E-state index in [9.17, 15) is 0 Å². The Balaban J connectivity index is 2.28. The highest BCUT2D eigenvalue weighted by atomic mass is 15.2. The Morgan fingerprint density at radius 1 is 1.11 bits per heavy atom. The highest BCUT2D eigenvalue weighted by Crippen LogP contribution is 2.19. The van der Waals surface area contributed by atoms with E-state index in [0.29, 0.717) is 5.54 Å². The van der Waals surface area contributed by atoms with Crippen LogP contribution in [-0.2, 0) is 0 Å². The van der Waals surface area contributed by atoms with Gasteiger partial charge in [-0.2, -0.15) is 0 Å². The Kier molecular flexibility index (Phi) is 8.01. The van der Waals surface area contributed by atoms with Gasteiger partial charge in [0.05, 0.1) is 0 Å². The van der Waals surface area contributed by atoms with Crippen LogP contribution in [0, 0.1) is 0 Å². The lowest BCUT2D eigenvalue weighted by atomic mass is 9.98. The van der Waals surface area contributed by atoms with Gasteiger partial charge in [-0.05, 0) is 46.2 Å². The molecule has 2 atom stereocenters. The zero-order valence-electron chi connectivity index (χ0n) is 13.8. The Morgan fingerprint density at radius 2 is 1.79 bits per heavy atom. The van der Waals surface area contributed by atoms with Crippen molar-refractivity contribution in [1.29, 1.82) is 0 Å². The first kappa shape index (κ1) is 17.0. The fraction of sp³-hybridized carbons (Fsp3) is 1.00. The van der Waals surface area contributed by atoms with Gasteiger partial charge in [-0.3, -0.25) is 4.90 Å². The van der Waals surface area contributed by atoms with Crippen LogP contribution < -0.4 is 5.32 Å². The van der Waals surface area contributed by atoms with Crippen LogP contribution in [-0.4, -0.2) is 36.1 Å². The largest absolute Gasteiger partial charge is 0.310 e. The molecule has 2 heteroatoms. The smallest absolute Gasteiger partial charge is 0.0277 e. The summed E-state index contributed by atoms with van der Waals surface area (Å²) in [5, 5.41) is 3.74. The average Bonchev–Trinajstić information content (AvgIpc) is 2.54. The van der Waals surface area contributed by atoms with E-state index in [1.54, 1.807) is 0 Å². The maximum absolute atomic E-state index is 3.74. The third-order valence-electron chi connectivity index (χ3n) is 4.87. The van der Waals surface area contributed by atoms with Gasteiger partial charge in [-0.1, -0.05) is 46.0 Å². The van der Waals surface area contributed by atoms with Gasteiger partial charge in [0, 0.05) is 18.1 Å². The highest BCUT2D eigenvalue weighted by molar-refractivity contribution is 4.90. The summed E-state index contributed by atoms with van der Waals surface area (Å²) in [5.74, 6) is 0. The number of hydrogen-bond donors (Lipinski definition) is 1. The van der Waals surface area contributed by atoms with Crippen LogP contribution in [0.1, 0.15) is 79.1 Å². The third-order valence-corrected chi connectivity index (χ3v) is 4.87. The minimum atomic E-state index is 0.326. The van der Waals surface area contributed by atoms with Crippen molar-refractivity contribution in [2.75, 3.05) is 19.6 Å². The highest BCUT2D eigenvalue weighted by Gasteiger charge is 2.29. The first-order valence-electron chi connectivity index (χ1n) is 8.60. The Bertz CT molecular complexity index is 229. The van der Waals surface area contributed by atoms with Gasteiger partial charge in [-0.25, -0.2) is 0 Å². The quantitative estimate of drug-likeness (QED) is 0.664. The van der Waals surface area contributed by atoms with Gasteiger partial charge < -0.3 is 5.32 Å². The van der Waals surface area contributed by atoms with Crippen LogP contribution in [0.2, 0.25) is 0 Å². The van der Waals surface area contributed by atoms with Crippen molar-refractivity contribution in [3.05, 3.63) is 0 Å². The number of hydrogen-bond acceptors (Lipinski definition) is 2. The summed E-state index contributed by atoms with van der Waals surface area (Å²) < 4.78 is 0. The van der Waals surface area contributed by atoms with Gasteiger partial charge in [-0.15, -0.1) is 0 Å². The third kappa shape index (κ3) is 6.27. The molecule has 0 aromatic heterocycles. The summed E-state index contributed by atoms with van der Waals surface area (Å²) >= 11 is 0. The zero-order valence-corrected chi connectivity index (χ0v) is 13.8. The van der Waals surface area contributed by atoms with Crippen LogP contribution in [0.15, 0.2) is 0 Å². The molecule has 0 spiro atoms. The van der Waals surface area contributed by atoms with Crippen molar-refractivity contribution in [1.82, 2.24) is 10.2 Å². The Morgan fingerprint density at radius 3 is 2.47 bits per heavy atom. The van der Waals surface area contributed by atoms with Crippen molar-refractivity contribution < 1.29 is 0 Å². The minimum absolute atomic E-state index is 0.326. The predicted molar refractivity (Wildman–Crippen MR) is 85.7 cm³/mol. The molecular weight excluding hydrogens is 232 g/mol. The molecular formula is C17H36N2. The molecule has 0 radical (unpaired) electrons. The molecule has 1 N–H and O–H groups in total. The van der Waals surface area contributed by atoms with Crippen molar-refractivity contribution in [2.24, 2.45) is 0 Å². The van der Waals surface area contributed by atoms with Gasteiger partial charge in [0.1, 0.15) is 0 Å². The number of nitrogens with one attached hydrogen (secondary N) is 1. The summed E-state index contributed by atoms with van der Waals surface area (Å²) in [7, 11) is 0. The lowest BCUT2D eigenvalue weighted by Crippen LogP contribution is -2.49. The van der Waals surface area contributed by atoms with E-state index in [0.717, 1.165) is 6.04 Å². The molecule has 1 heterocycles. The van der Waals surface area contributed by atoms with Crippen molar-refractivity contribution >= 4 is 0 Å². The van der Waals surface area contributed by atoms with E-state index in [1.807, 2.05) is 0 Å². The molecule has 0 saturated carbocycles. The standard InChI is InChI=1S/C17H36N2/c1-5-7-8-9-10-11-14-19-15-17(4,6-2)18-13-12-16(19)3/h16,18H,5-15H2,1-4H3. The van der Waals surface area contributed by atoms with Crippen molar-refractivity contribution in [3.63, 3.8) is 0 Å². The van der Waals surface area contributed by atoms with Crippen molar-refractivity contribution in [2.45, 2.75) is 90.6 Å². The van der Waals surface area contributed by atoms with E-state index >= 15 is 0 Å². The molecule has 0 amide bonds. The van der Waals surface area contributed by atoms with Crippen LogP contribution in [0.25, 0.3) is 0 Å². The fourth-order valence-corrected chi connectivity index (χ4v) is 3.06. The van der Waals surface area contributed by atoms with E-state index in [1.165, 1.54) is 71.0 Å². The minimum Gasteiger partial charge on any atom is -0.310 e. The van der Waals surface area contributed by atoms with E-state index < -0.39 is 0 Å². The Labute approximate surface area is 121 Å².